The number of rotatable bonds is 5. The summed E-state index contributed by atoms with van der Waals surface area (Å²) in [5, 5.41) is 11.5. The minimum Gasteiger partial charge on any atom is -0.395 e. The number of likely N-dealkylation sites (N-methyl/N-ethyl adjacent to an activating group) is 1. The van der Waals surface area contributed by atoms with E-state index in [-0.39, 0.29) is 28.4 Å². The topological polar surface area (TPSA) is 99.6 Å². The van der Waals surface area contributed by atoms with Gasteiger partial charge in [-0.05, 0) is 6.92 Å². The van der Waals surface area contributed by atoms with Crippen LogP contribution in [0.25, 0.3) is 0 Å². The molecule has 102 valence electrons. The van der Waals surface area contributed by atoms with Gasteiger partial charge in [0.2, 0.25) is 5.91 Å². The van der Waals surface area contributed by atoms with Gasteiger partial charge in [0.1, 0.15) is 0 Å². The molecule has 0 saturated heterocycles. The van der Waals surface area contributed by atoms with Crippen LogP contribution >= 0.6 is 11.3 Å². The van der Waals surface area contributed by atoms with Gasteiger partial charge in [-0.1, -0.05) is 11.3 Å². The van der Waals surface area contributed by atoms with Crippen molar-refractivity contribution in [2.24, 2.45) is 0 Å². The highest BCUT2D eigenvalue weighted by Gasteiger charge is 2.26. The Morgan fingerprint density at radius 2 is 2.17 bits per heavy atom. The predicted molar refractivity (Wildman–Crippen MR) is 68.1 cm³/mol. The lowest BCUT2D eigenvalue weighted by Gasteiger charge is -2.14. The Bertz CT molecular complexity index is 538. The number of aromatic nitrogens is 1. The minimum atomic E-state index is -3.67. The highest BCUT2D eigenvalue weighted by atomic mass is 32.2. The van der Waals surface area contributed by atoms with Crippen LogP contribution < -0.4 is 5.32 Å². The van der Waals surface area contributed by atoms with Gasteiger partial charge >= 0.3 is 0 Å². The first-order valence-electron chi connectivity index (χ1n) is 5.11. The van der Waals surface area contributed by atoms with E-state index in [0.717, 1.165) is 15.6 Å². The number of hydrogen-bond donors (Lipinski definition) is 2. The van der Waals surface area contributed by atoms with E-state index in [2.05, 4.69) is 10.3 Å². The van der Waals surface area contributed by atoms with Crippen LogP contribution in [0.3, 0.4) is 0 Å². The largest absolute Gasteiger partial charge is 0.395 e. The second kappa shape index (κ2) is 5.74. The second-order valence-corrected chi connectivity index (χ2v) is 6.86. The monoisotopic (exact) mass is 293 g/mol. The van der Waals surface area contributed by atoms with Crippen molar-refractivity contribution in [1.29, 1.82) is 0 Å². The standard InChI is InChI=1S/C9H15N3O4S2/c1-6-8(17-9(10-6)11-7(2)14)18(15,16)12(3)4-5-13/h13H,4-5H2,1-3H3,(H,10,11,14). The number of aryl methyl sites for hydroxylation is 1. The summed E-state index contributed by atoms with van der Waals surface area (Å²) in [7, 11) is -2.29. The molecule has 0 bridgehead atoms. The van der Waals surface area contributed by atoms with Crippen LogP contribution in [0.4, 0.5) is 5.13 Å². The van der Waals surface area contributed by atoms with E-state index in [9.17, 15) is 13.2 Å². The lowest BCUT2D eigenvalue weighted by atomic mass is 10.6. The smallest absolute Gasteiger partial charge is 0.254 e. The molecule has 7 nitrogen and oxygen atoms in total. The fourth-order valence-corrected chi connectivity index (χ4v) is 4.04. The Balaban J connectivity index is 3.09. The summed E-state index contributed by atoms with van der Waals surface area (Å²) < 4.78 is 25.3. The molecule has 0 aliphatic carbocycles. The highest BCUT2D eigenvalue weighted by Crippen LogP contribution is 2.29. The van der Waals surface area contributed by atoms with E-state index < -0.39 is 10.0 Å². The molecule has 0 radical (unpaired) electrons. The first-order valence-corrected chi connectivity index (χ1v) is 7.37. The molecular formula is C9H15N3O4S2. The zero-order valence-electron chi connectivity index (χ0n) is 10.3. The number of thiazole rings is 1. The molecular weight excluding hydrogens is 278 g/mol. The second-order valence-electron chi connectivity index (χ2n) is 3.62. The van der Waals surface area contributed by atoms with Crippen LogP contribution in [0, 0.1) is 6.92 Å². The van der Waals surface area contributed by atoms with Crippen molar-refractivity contribution in [1.82, 2.24) is 9.29 Å². The molecule has 0 aliphatic rings. The van der Waals surface area contributed by atoms with E-state index in [4.69, 9.17) is 5.11 Å². The quantitative estimate of drug-likeness (QED) is 0.797. The maximum Gasteiger partial charge on any atom is 0.254 e. The van der Waals surface area contributed by atoms with Crippen molar-refractivity contribution < 1.29 is 18.3 Å². The molecule has 0 unspecified atom stereocenters. The summed E-state index contributed by atoms with van der Waals surface area (Å²) >= 11 is 0.895. The summed E-state index contributed by atoms with van der Waals surface area (Å²) in [5.41, 5.74) is 0.327. The van der Waals surface area contributed by atoms with E-state index in [0.29, 0.717) is 5.69 Å². The van der Waals surface area contributed by atoms with Gasteiger partial charge in [0.05, 0.1) is 12.3 Å². The molecule has 0 fully saturated rings. The minimum absolute atomic E-state index is 0.00907. The van der Waals surface area contributed by atoms with Crippen molar-refractivity contribution in [2.45, 2.75) is 18.1 Å². The van der Waals surface area contributed by atoms with Gasteiger partial charge in [-0.3, -0.25) is 4.79 Å². The van der Waals surface area contributed by atoms with Gasteiger partial charge in [0.25, 0.3) is 10.0 Å². The van der Waals surface area contributed by atoms with Gasteiger partial charge in [-0.2, -0.15) is 4.31 Å². The third-order valence-corrected chi connectivity index (χ3v) is 5.61. The van der Waals surface area contributed by atoms with Crippen molar-refractivity contribution in [3.63, 3.8) is 0 Å². The Labute approximate surface area is 110 Å². The summed E-state index contributed by atoms with van der Waals surface area (Å²) in [6, 6.07) is 0. The van der Waals surface area contributed by atoms with E-state index >= 15 is 0 Å². The molecule has 0 aromatic carbocycles. The number of nitrogens with one attached hydrogen (secondary N) is 1. The molecule has 1 aromatic heterocycles. The van der Waals surface area contributed by atoms with E-state index in [1.807, 2.05) is 0 Å². The highest BCUT2D eigenvalue weighted by molar-refractivity contribution is 7.91. The summed E-state index contributed by atoms with van der Waals surface area (Å²) in [6.07, 6.45) is 0. The van der Waals surface area contributed by atoms with Crippen molar-refractivity contribution in [3.8, 4) is 0 Å². The van der Waals surface area contributed by atoms with Crippen LogP contribution in [0.15, 0.2) is 4.21 Å². The Hall–Kier alpha value is -1.03. The molecule has 0 saturated carbocycles. The van der Waals surface area contributed by atoms with Crippen molar-refractivity contribution >= 4 is 32.4 Å². The molecule has 1 rings (SSSR count). The van der Waals surface area contributed by atoms with Crippen molar-refractivity contribution in [2.75, 3.05) is 25.5 Å². The molecule has 1 aromatic rings. The molecule has 0 aliphatic heterocycles. The maximum absolute atomic E-state index is 12.1. The average molecular weight is 293 g/mol. The molecule has 1 amide bonds. The molecule has 18 heavy (non-hydrogen) atoms. The van der Waals surface area contributed by atoms with Crippen LogP contribution in [-0.4, -0.2) is 48.9 Å². The fraction of sp³-hybridized carbons (Fsp3) is 0.556. The van der Waals surface area contributed by atoms with E-state index in [1.54, 1.807) is 6.92 Å². The third kappa shape index (κ3) is 3.25. The third-order valence-electron chi connectivity index (χ3n) is 2.10. The summed E-state index contributed by atoms with van der Waals surface area (Å²) in [5.74, 6) is -0.309. The number of amides is 1. The number of sulfonamides is 1. The van der Waals surface area contributed by atoms with Gasteiger partial charge in [0, 0.05) is 20.5 Å². The normalized spacial score (nSPS) is 11.8. The van der Waals surface area contributed by atoms with Gasteiger partial charge < -0.3 is 10.4 Å². The van der Waals surface area contributed by atoms with Crippen LogP contribution in [0.1, 0.15) is 12.6 Å². The number of anilines is 1. The first-order chi connectivity index (χ1) is 8.28. The first kappa shape index (κ1) is 15.0. The van der Waals surface area contributed by atoms with Gasteiger partial charge in [-0.15, -0.1) is 0 Å². The molecule has 1 heterocycles. The van der Waals surface area contributed by atoms with Gasteiger partial charge in [0.15, 0.2) is 9.34 Å². The number of nitrogens with zero attached hydrogens (tertiary/aromatic N) is 2. The van der Waals surface area contributed by atoms with Crippen molar-refractivity contribution in [3.05, 3.63) is 5.69 Å². The lowest BCUT2D eigenvalue weighted by Crippen LogP contribution is -2.29. The van der Waals surface area contributed by atoms with Crippen LogP contribution in [0.5, 0.6) is 0 Å². The number of carbonyl (C=O) groups excluding carboxylic acids is 1. The zero-order valence-corrected chi connectivity index (χ0v) is 11.9. The number of hydrogen-bond acceptors (Lipinski definition) is 6. The SMILES string of the molecule is CC(=O)Nc1nc(C)c(S(=O)(=O)N(C)CCO)s1. The zero-order chi connectivity index (χ0) is 13.9. The van der Waals surface area contributed by atoms with Gasteiger partial charge in [-0.25, -0.2) is 13.4 Å². The average Bonchev–Trinajstić information content (AvgIpc) is 2.59. The Morgan fingerprint density at radius 3 is 2.67 bits per heavy atom. The molecule has 9 heteroatoms. The fourth-order valence-electron chi connectivity index (χ4n) is 1.23. The van der Waals surface area contributed by atoms with Crippen LogP contribution in [-0.2, 0) is 14.8 Å². The van der Waals surface area contributed by atoms with Crippen LogP contribution in [0.2, 0.25) is 0 Å². The molecule has 0 spiro atoms. The summed E-state index contributed by atoms with van der Waals surface area (Å²) in [6.45, 7) is 2.63. The predicted octanol–water partition coefficient (Wildman–Crippen LogP) is 0.0227. The lowest BCUT2D eigenvalue weighted by molar-refractivity contribution is -0.114. The number of aliphatic hydroxyl groups is 1. The number of carbonyl (C=O) groups is 1. The maximum atomic E-state index is 12.1. The van der Waals surface area contributed by atoms with E-state index in [1.165, 1.54) is 14.0 Å². The molecule has 2 N–H and O–H groups in total. The Kier molecular flexibility index (Phi) is 4.79. The summed E-state index contributed by atoms with van der Waals surface area (Å²) in [4.78, 5) is 14.9. The Morgan fingerprint density at radius 1 is 1.56 bits per heavy atom. The number of aliphatic hydroxyl groups excluding tert-OH is 1. The molecule has 0 atom stereocenters.